The summed E-state index contributed by atoms with van der Waals surface area (Å²) in [7, 11) is 0. The van der Waals surface area contributed by atoms with E-state index in [0.29, 0.717) is 12.0 Å². The number of ether oxygens (including phenoxy) is 2. The number of likely N-dealkylation sites (tertiary alicyclic amines) is 1. The Kier molecular flexibility index (Phi) is 5.79. The van der Waals surface area contributed by atoms with Crippen LogP contribution >= 0.6 is 0 Å². The summed E-state index contributed by atoms with van der Waals surface area (Å²) in [5.74, 6) is 3.35. The van der Waals surface area contributed by atoms with E-state index in [1.165, 1.54) is 25.8 Å². The Morgan fingerprint density at radius 2 is 1.74 bits per heavy atom. The molecule has 4 heteroatoms. The van der Waals surface area contributed by atoms with Gasteiger partial charge in [0.1, 0.15) is 18.1 Å². The van der Waals surface area contributed by atoms with Crippen molar-refractivity contribution < 1.29 is 9.47 Å². The lowest BCUT2D eigenvalue weighted by Gasteiger charge is -2.29. The van der Waals surface area contributed by atoms with Crippen molar-refractivity contribution >= 4 is 0 Å². The number of hydrogen-bond donors (Lipinski definition) is 1. The lowest BCUT2D eigenvalue weighted by atomic mass is 9.78. The van der Waals surface area contributed by atoms with E-state index < -0.39 is 0 Å². The third kappa shape index (κ3) is 4.39. The molecule has 0 amide bonds. The van der Waals surface area contributed by atoms with Crippen LogP contribution < -0.4 is 15.2 Å². The monoisotopic (exact) mass is 318 g/mol. The molecule has 128 valence electrons. The van der Waals surface area contributed by atoms with Gasteiger partial charge in [-0.1, -0.05) is 13.3 Å². The predicted octanol–water partition coefficient (Wildman–Crippen LogP) is 2.91. The minimum absolute atomic E-state index is 0.412. The highest BCUT2D eigenvalue weighted by atomic mass is 16.5. The summed E-state index contributed by atoms with van der Waals surface area (Å²) < 4.78 is 11.5. The maximum Gasteiger partial charge on any atom is 0.119 e. The summed E-state index contributed by atoms with van der Waals surface area (Å²) in [6, 6.07) is 8.35. The highest BCUT2D eigenvalue weighted by molar-refractivity contribution is 5.31. The van der Waals surface area contributed by atoms with E-state index in [9.17, 15) is 0 Å². The van der Waals surface area contributed by atoms with Crippen molar-refractivity contribution in [1.29, 1.82) is 0 Å². The van der Waals surface area contributed by atoms with E-state index in [2.05, 4.69) is 11.8 Å². The number of fused-ring (bicyclic) bond motifs is 1. The van der Waals surface area contributed by atoms with Crippen LogP contribution in [0.5, 0.6) is 11.5 Å². The van der Waals surface area contributed by atoms with Crippen molar-refractivity contribution in [2.75, 3.05) is 32.8 Å². The van der Waals surface area contributed by atoms with Gasteiger partial charge in [-0.2, -0.15) is 0 Å². The molecule has 3 atom stereocenters. The van der Waals surface area contributed by atoms with Crippen molar-refractivity contribution in [3.05, 3.63) is 24.3 Å². The number of rotatable bonds is 7. The Morgan fingerprint density at radius 3 is 2.39 bits per heavy atom. The van der Waals surface area contributed by atoms with Crippen molar-refractivity contribution in [3.8, 4) is 11.5 Å². The van der Waals surface area contributed by atoms with E-state index in [1.807, 2.05) is 24.3 Å². The van der Waals surface area contributed by atoms with Crippen molar-refractivity contribution in [2.45, 2.75) is 38.6 Å². The first-order valence-corrected chi connectivity index (χ1v) is 9.10. The Hall–Kier alpha value is -1.26. The maximum absolute atomic E-state index is 6.28. The molecule has 0 radical (unpaired) electrons. The van der Waals surface area contributed by atoms with Gasteiger partial charge in [-0.15, -0.1) is 0 Å². The Morgan fingerprint density at radius 1 is 1.04 bits per heavy atom. The average molecular weight is 318 g/mol. The molecule has 1 aromatic rings. The molecule has 3 rings (SSSR count). The SMILES string of the molecule is CCCOc1ccc(OCCN2CC3CCCC(N)C3C2)cc1. The van der Waals surface area contributed by atoms with Gasteiger partial charge in [0, 0.05) is 25.7 Å². The maximum atomic E-state index is 6.28. The smallest absolute Gasteiger partial charge is 0.119 e. The fraction of sp³-hybridized carbons (Fsp3) is 0.684. The second kappa shape index (κ2) is 8.02. The zero-order chi connectivity index (χ0) is 16.1. The van der Waals surface area contributed by atoms with Gasteiger partial charge in [0.05, 0.1) is 6.61 Å². The minimum Gasteiger partial charge on any atom is -0.494 e. The molecule has 3 unspecified atom stereocenters. The highest BCUT2D eigenvalue weighted by Gasteiger charge is 2.38. The number of benzene rings is 1. The van der Waals surface area contributed by atoms with Crippen LogP contribution in [0.3, 0.4) is 0 Å². The van der Waals surface area contributed by atoms with E-state index in [1.54, 1.807) is 0 Å². The fourth-order valence-electron chi connectivity index (χ4n) is 3.94. The third-order valence-corrected chi connectivity index (χ3v) is 5.20. The molecule has 1 aliphatic carbocycles. The van der Waals surface area contributed by atoms with Gasteiger partial charge in [0.25, 0.3) is 0 Å². The quantitative estimate of drug-likeness (QED) is 0.840. The topological polar surface area (TPSA) is 47.7 Å². The molecule has 0 bridgehead atoms. The van der Waals surface area contributed by atoms with E-state index in [-0.39, 0.29) is 0 Å². The first-order chi connectivity index (χ1) is 11.3. The Labute approximate surface area is 139 Å². The molecule has 1 saturated heterocycles. The van der Waals surface area contributed by atoms with Crippen LogP contribution in [0.4, 0.5) is 0 Å². The number of nitrogens with zero attached hydrogens (tertiary/aromatic N) is 1. The van der Waals surface area contributed by atoms with Crippen LogP contribution in [0.2, 0.25) is 0 Å². The first kappa shape index (κ1) is 16.6. The Balaban J connectivity index is 1.40. The van der Waals surface area contributed by atoms with Gasteiger partial charge in [-0.3, -0.25) is 4.90 Å². The largest absolute Gasteiger partial charge is 0.494 e. The summed E-state index contributed by atoms with van der Waals surface area (Å²) in [5.41, 5.74) is 6.28. The molecule has 1 aromatic carbocycles. The zero-order valence-corrected chi connectivity index (χ0v) is 14.2. The molecule has 1 saturated carbocycles. The molecule has 4 nitrogen and oxygen atoms in total. The van der Waals surface area contributed by atoms with Crippen LogP contribution in [0.1, 0.15) is 32.6 Å². The molecule has 2 aliphatic rings. The van der Waals surface area contributed by atoms with Gasteiger partial charge in [-0.25, -0.2) is 0 Å². The third-order valence-electron chi connectivity index (χ3n) is 5.20. The molecular formula is C19H30N2O2. The van der Waals surface area contributed by atoms with Crippen LogP contribution in [0, 0.1) is 11.8 Å². The lowest BCUT2D eigenvalue weighted by Crippen LogP contribution is -2.38. The summed E-state index contributed by atoms with van der Waals surface area (Å²) >= 11 is 0. The Bertz CT molecular complexity index is 477. The van der Waals surface area contributed by atoms with E-state index in [4.69, 9.17) is 15.2 Å². The molecule has 2 fully saturated rings. The summed E-state index contributed by atoms with van der Waals surface area (Å²) in [5, 5.41) is 0. The molecule has 23 heavy (non-hydrogen) atoms. The summed E-state index contributed by atoms with van der Waals surface area (Å²) in [6.07, 6.45) is 4.89. The van der Waals surface area contributed by atoms with Crippen LogP contribution in [-0.2, 0) is 0 Å². The van der Waals surface area contributed by atoms with Crippen LogP contribution in [0.15, 0.2) is 24.3 Å². The molecule has 0 spiro atoms. The zero-order valence-electron chi connectivity index (χ0n) is 14.2. The molecule has 0 aromatic heterocycles. The van der Waals surface area contributed by atoms with Gasteiger partial charge >= 0.3 is 0 Å². The van der Waals surface area contributed by atoms with E-state index in [0.717, 1.165) is 50.1 Å². The second-order valence-electron chi connectivity index (χ2n) is 6.95. The average Bonchev–Trinajstić information content (AvgIpc) is 2.98. The van der Waals surface area contributed by atoms with Gasteiger partial charge in [0.2, 0.25) is 0 Å². The molecule has 1 aliphatic heterocycles. The van der Waals surface area contributed by atoms with Crippen LogP contribution in [0.25, 0.3) is 0 Å². The number of hydrogen-bond acceptors (Lipinski definition) is 4. The summed E-state index contributed by atoms with van der Waals surface area (Å²) in [6.45, 7) is 6.96. The standard InChI is InChI=1S/C19H30N2O2/c1-2-11-22-16-6-8-17(9-7-16)23-12-10-21-13-15-4-3-5-19(20)18(15)14-21/h6-9,15,18-19H,2-5,10-14,20H2,1H3. The summed E-state index contributed by atoms with van der Waals surface area (Å²) in [4.78, 5) is 2.53. The second-order valence-corrected chi connectivity index (χ2v) is 6.95. The molecular weight excluding hydrogens is 288 g/mol. The van der Waals surface area contributed by atoms with Crippen molar-refractivity contribution in [3.63, 3.8) is 0 Å². The van der Waals surface area contributed by atoms with Crippen molar-refractivity contribution in [1.82, 2.24) is 4.90 Å². The van der Waals surface area contributed by atoms with E-state index >= 15 is 0 Å². The first-order valence-electron chi connectivity index (χ1n) is 9.10. The van der Waals surface area contributed by atoms with Crippen molar-refractivity contribution in [2.24, 2.45) is 17.6 Å². The lowest BCUT2D eigenvalue weighted by molar-refractivity contribution is 0.229. The fourth-order valence-corrected chi connectivity index (χ4v) is 3.94. The van der Waals surface area contributed by atoms with Gasteiger partial charge in [-0.05, 0) is 55.4 Å². The normalized spacial score (nSPS) is 27.7. The molecule has 2 N–H and O–H groups in total. The van der Waals surface area contributed by atoms with Gasteiger partial charge < -0.3 is 15.2 Å². The van der Waals surface area contributed by atoms with Crippen LogP contribution in [-0.4, -0.2) is 43.8 Å². The predicted molar refractivity (Wildman–Crippen MR) is 93.0 cm³/mol. The minimum atomic E-state index is 0.412. The highest BCUT2D eigenvalue weighted by Crippen LogP contribution is 2.35. The number of nitrogens with two attached hydrogens (primary N) is 1. The molecule has 1 heterocycles. The van der Waals surface area contributed by atoms with Gasteiger partial charge in [0.15, 0.2) is 0 Å².